The molecule has 1 saturated carbocycles. The van der Waals surface area contributed by atoms with E-state index in [0.717, 1.165) is 0 Å². The van der Waals surface area contributed by atoms with Gasteiger partial charge in [-0.2, -0.15) is 0 Å². The number of halogens is 1. The van der Waals surface area contributed by atoms with Crippen molar-refractivity contribution in [2.75, 3.05) is 0 Å². The Hall–Kier alpha value is -1.17. The average Bonchev–Trinajstić information content (AvgIpc) is 2.24. The zero-order chi connectivity index (χ0) is 12.4. The summed E-state index contributed by atoms with van der Waals surface area (Å²) in [6.07, 6.45) is 1.19. The van der Waals surface area contributed by atoms with Crippen molar-refractivity contribution in [3.05, 3.63) is 38.9 Å². The minimum Gasteiger partial charge on any atom is -0.393 e. The van der Waals surface area contributed by atoms with Crippen LogP contribution in [0, 0.1) is 10.1 Å². The first-order valence-corrected chi connectivity index (χ1v) is 5.78. The first kappa shape index (κ1) is 12.3. The average molecular weight is 257 g/mol. The molecule has 0 radical (unpaired) electrons. The minimum atomic E-state index is -0.432. The fraction of sp³-hybridized carbons (Fsp3) is 0.455. The first-order chi connectivity index (χ1) is 8.06. The van der Waals surface area contributed by atoms with Crippen LogP contribution < -0.4 is 5.32 Å². The van der Waals surface area contributed by atoms with E-state index in [1.54, 1.807) is 12.1 Å². The van der Waals surface area contributed by atoms with Gasteiger partial charge in [0.15, 0.2) is 0 Å². The minimum absolute atomic E-state index is 0.0323. The van der Waals surface area contributed by atoms with Crippen LogP contribution in [-0.4, -0.2) is 22.2 Å². The molecule has 0 atom stereocenters. The highest BCUT2D eigenvalue weighted by molar-refractivity contribution is 6.30. The van der Waals surface area contributed by atoms with Gasteiger partial charge < -0.3 is 10.4 Å². The Morgan fingerprint density at radius 1 is 1.53 bits per heavy atom. The van der Waals surface area contributed by atoms with Crippen molar-refractivity contribution in [1.82, 2.24) is 5.32 Å². The molecule has 1 aromatic carbocycles. The third-order valence-electron chi connectivity index (χ3n) is 2.94. The van der Waals surface area contributed by atoms with Crippen LogP contribution in [0.15, 0.2) is 18.2 Å². The lowest BCUT2D eigenvalue weighted by Gasteiger charge is -2.32. The van der Waals surface area contributed by atoms with Crippen LogP contribution in [-0.2, 0) is 6.54 Å². The molecule has 17 heavy (non-hydrogen) atoms. The van der Waals surface area contributed by atoms with Gasteiger partial charge in [0, 0.05) is 29.2 Å². The molecule has 1 fully saturated rings. The number of nitro groups is 1. The summed E-state index contributed by atoms with van der Waals surface area (Å²) >= 11 is 5.72. The molecule has 0 aliphatic heterocycles. The Morgan fingerprint density at radius 3 is 2.82 bits per heavy atom. The molecule has 0 unspecified atom stereocenters. The van der Waals surface area contributed by atoms with Gasteiger partial charge in [-0.1, -0.05) is 11.6 Å². The zero-order valence-electron chi connectivity index (χ0n) is 9.10. The molecule has 0 heterocycles. The number of aliphatic hydroxyl groups is 1. The topological polar surface area (TPSA) is 75.4 Å². The number of nitrogens with one attached hydrogen (secondary N) is 1. The lowest BCUT2D eigenvalue weighted by atomic mass is 9.89. The number of benzene rings is 1. The van der Waals surface area contributed by atoms with E-state index < -0.39 is 4.92 Å². The van der Waals surface area contributed by atoms with E-state index in [1.807, 2.05) is 0 Å². The molecule has 5 nitrogen and oxygen atoms in total. The predicted molar refractivity (Wildman–Crippen MR) is 64.0 cm³/mol. The summed E-state index contributed by atoms with van der Waals surface area (Å²) in [4.78, 5) is 10.4. The highest BCUT2D eigenvalue weighted by atomic mass is 35.5. The molecule has 0 aromatic heterocycles. The van der Waals surface area contributed by atoms with E-state index in [-0.39, 0.29) is 17.8 Å². The van der Waals surface area contributed by atoms with Crippen molar-refractivity contribution < 1.29 is 10.0 Å². The summed E-state index contributed by atoms with van der Waals surface area (Å²) < 4.78 is 0. The molecule has 2 rings (SSSR count). The van der Waals surface area contributed by atoms with Crippen LogP contribution in [0.25, 0.3) is 0 Å². The van der Waals surface area contributed by atoms with Gasteiger partial charge >= 0.3 is 0 Å². The van der Waals surface area contributed by atoms with Gasteiger partial charge in [0.1, 0.15) is 0 Å². The summed E-state index contributed by atoms with van der Waals surface area (Å²) in [5, 5.41) is 23.5. The smallest absolute Gasteiger partial charge is 0.275 e. The van der Waals surface area contributed by atoms with E-state index in [4.69, 9.17) is 16.7 Å². The van der Waals surface area contributed by atoms with Crippen molar-refractivity contribution >= 4 is 17.3 Å². The van der Waals surface area contributed by atoms with Gasteiger partial charge in [-0.15, -0.1) is 0 Å². The monoisotopic (exact) mass is 256 g/mol. The van der Waals surface area contributed by atoms with Gasteiger partial charge in [0.25, 0.3) is 5.69 Å². The van der Waals surface area contributed by atoms with Crippen molar-refractivity contribution in [3.63, 3.8) is 0 Å². The highest BCUT2D eigenvalue weighted by Crippen LogP contribution is 2.25. The van der Waals surface area contributed by atoms with Crippen molar-refractivity contribution in [1.29, 1.82) is 0 Å². The molecule has 2 N–H and O–H groups in total. The predicted octanol–water partition coefficient (Wildman–Crippen LogP) is 1.86. The fourth-order valence-electron chi connectivity index (χ4n) is 1.87. The second kappa shape index (κ2) is 5.00. The zero-order valence-corrected chi connectivity index (χ0v) is 9.85. The Balaban J connectivity index is 2.02. The van der Waals surface area contributed by atoms with E-state index in [1.165, 1.54) is 6.07 Å². The largest absolute Gasteiger partial charge is 0.393 e. The Labute approximate surface area is 104 Å². The summed E-state index contributed by atoms with van der Waals surface area (Å²) in [5.41, 5.74) is 0.644. The normalized spacial score (nSPS) is 23.2. The van der Waals surface area contributed by atoms with E-state index in [9.17, 15) is 10.1 Å². The third kappa shape index (κ3) is 2.94. The fourth-order valence-corrected chi connectivity index (χ4v) is 2.03. The number of nitro benzene ring substituents is 1. The van der Waals surface area contributed by atoms with E-state index in [0.29, 0.717) is 30.0 Å². The molecule has 6 heteroatoms. The maximum atomic E-state index is 10.8. The highest BCUT2D eigenvalue weighted by Gasteiger charge is 2.27. The van der Waals surface area contributed by atoms with Crippen molar-refractivity contribution in [2.45, 2.75) is 31.5 Å². The maximum Gasteiger partial charge on any atom is 0.275 e. The molecule has 0 bridgehead atoms. The molecule has 1 aliphatic rings. The van der Waals surface area contributed by atoms with Gasteiger partial charge in [0.2, 0.25) is 0 Å². The quantitative estimate of drug-likeness (QED) is 0.637. The Kier molecular flexibility index (Phi) is 3.61. The van der Waals surface area contributed by atoms with E-state index >= 15 is 0 Å². The second-order valence-electron chi connectivity index (χ2n) is 4.23. The van der Waals surface area contributed by atoms with Crippen LogP contribution in [0.5, 0.6) is 0 Å². The summed E-state index contributed by atoms with van der Waals surface area (Å²) in [7, 11) is 0. The summed E-state index contributed by atoms with van der Waals surface area (Å²) in [6, 6.07) is 4.90. The number of aliphatic hydroxyl groups excluding tert-OH is 1. The van der Waals surface area contributed by atoms with Crippen LogP contribution in [0.2, 0.25) is 5.02 Å². The van der Waals surface area contributed by atoms with Crippen LogP contribution >= 0.6 is 11.6 Å². The molecule has 1 aromatic rings. The van der Waals surface area contributed by atoms with Gasteiger partial charge in [-0.3, -0.25) is 10.1 Å². The number of rotatable bonds is 4. The van der Waals surface area contributed by atoms with Gasteiger partial charge in [0.05, 0.1) is 11.0 Å². The molecule has 92 valence electrons. The molecular formula is C11H13ClN2O3. The third-order valence-corrected chi connectivity index (χ3v) is 3.17. The van der Waals surface area contributed by atoms with Crippen molar-refractivity contribution in [2.24, 2.45) is 0 Å². The lowest BCUT2D eigenvalue weighted by Crippen LogP contribution is -2.43. The molecule has 0 spiro atoms. The molecular weight excluding hydrogens is 244 g/mol. The lowest BCUT2D eigenvalue weighted by molar-refractivity contribution is -0.385. The SMILES string of the molecule is O=[N+]([O-])c1cc(Cl)ccc1CNC1CC(O)C1. The molecule has 1 aliphatic carbocycles. The standard InChI is InChI=1S/C11H13ClN2O3/c12-8-2-1-7(11(3-8)14(16)17)6-13-9-4-10(15)5-9/h1-3,9-10,13,15H,4-6H2. The van der Waals surface area contributed by atoms with Crippen LogP contribution in [0.3, 0.4) is 0 Å². The Morgan fingerprint density at radius 2 is 2.24 bits per heavy atom. The van der Waals surface area contributed by atoms with Crippen LogP contribution in [0.1, 0.15) is 18.4 Å². The first-order valence-electron chi connectivity index (χ1n) is 5.40. The second-order valence-corrected chi connectivity index (χ2v) is 4.67. The number of nitrogens with zero attached hydrogens (tertiary/aromatic N) is 1. The van der Waals surface area contributed by atoms with E-state index in [2.05, 4.69) is 5.32 Å². The number of hydrogen-bond donors (Lipinski definition) is 2. The van der Waals surface area contributed by atoms with Gasteiger partial charge in [-0.05, 0) is 25.0 Å². The summed E-state index contributed by atoms with van der Waals surface area (Å²) in [6.45, 7) is 0.421. The number of hydrogen-bond acceptors (Lipinski definition) is 4. The maximum absolute atomic E-state index is 10.8. The van der Waals surface area contributed by atoms with Gasteiger partial charge in [-0.25, -0.2) is 0 Å². The van der Waals surface area contributed by atoms with Crippen molar-refractivity contribution in [3.8, 4) is 0 Å². The Bertz CT molecular complexity index is 433. The summed E-state index contributed by atoms with van der Waals surface area (Å²) in [5.74, 6) is 0. The van der Waals surface area contributed by atoms with Crippen LogP contribution in [0.4, 0.5) is 5.69 Å². The molecule has 0 saturated heterocycles. The molecule has 0 amide bonds.